The van der Waals surface area contributed by atoms with Gasteiger partial charge in [-0.3, -0.25) is 9.36 Å². The lowest BCUT2D eigenvalue weighted by Crippen LogP contribution is -2.14. The molecule has 0 atom stereocenters. The largest absolute Gasteiger partial charge is 0.497 e. The summed E-state index contributed by atoms with van der Waals surface area (Å²) in [5.41, 5.74) is 0.720. The highest BCUT2D eigenvalue weighted by molar-refractivity contribution is 7.99. The minimum atomic E-state index is -0.0775. The molecule has 1 fully saturated rings. The van der Waals surface area contributed by atoms with Gasteiger partial charge in [-0.05, 0) is 36.4 Å². The van der Waals surface area contributed by atoms with Crippen molar-refractivity contribution < 1.29 is 9.53 Å². The smallest absolute Gasteiger partial charge is 0.234 e. The lowest BCUT2D eigenvalue weighted by Gasteiger charge is -2.09. The Kier molecular flexibility index (Phi) is 4.94. The Morgan fingerprint density at radius 2 is 2.23 bits per heavy atom. The van der Waals surface area contributed by atoms with E-state index in [0.29, 0.717) is 11.8 Å². The highest BCUT2D eigenvalue weighted by atomic mass is 32.2. The van der Waals surface area contributed by atoms with Gasteiger partial charge in [0.15, 0.2) is 11.0 Å². The standard InChI is InChI=1S/C18H18N4O2S2/c1-24-14-5-2-4-12(10-14)19-16(23)11-26-18-21-20-17(15-6-3-9-25-15)22(18)13-7-8-13/h2-6,9-10,13H,7-8,11H2,1H3,(H,19,23). The number of hydrogen-bond donors (Lipinski definition) is 1. The third-order valence-electron chi connectivity index (χ3n) is 4.00. The summed E-state index contributed by atoms with van der Waals surface area (Å²) in [5.74, 6) is 1.82. The van der Waals surface area contributed by atoms with Crippen LogP contribution in [-0.2, 0) is 4.79 Å². The van der Waals surface area contributed by atoms with E-state index in [4.69, 9.17) is 4.74 Å². The van der Waals surface area contributed by atoms with Crippen LogP contribution in [0.15, 0.2) is 46.9 Å². The predicted octanol–water partition coefficient (Wildman–Crippen LogP) is 4.08. The SMILES string of the molecule is COc1cccc(NC(=O)CSc2nnc(-c3cccs3)n2C2CC2)c1. The first-order chi connectivity index (χ1) is 12.7. The third kappa shape index (κ3) is 3.76. The number of methoxy groups -OCH3 is 1. The number of benzene rings is 1. The zero-order valence-electron chi connectivity index (χ0n) is 14.2. The number of nitrogens with one attached hydrogen (secondary N) is 1. The summed E-state index contributed by atoms with van der Waals surface area (Å²) in [6.07, 6.45) is 2.28. The molecule has 1 N–H and O–H groups in total. The van der Waals surface area contributed by atoms with E-state index in [9.17, 15) is 4.79 Å². The molecule has 0 aliphatic heterocycles. The molecule has 2 heterocycles. The summed E-state index contributed by atoms with van der Waals surface area (Å²) >= 11 is 3.08. The van der Waals surface area contributed by atoms with Crippen molar-refractivity contribution in [1.29, 1.82) is 0 Å². The number of amides is 1. The van der Waals surface area contributed by atoms with Gasteiger partial charge in [0, 0.05) is 17.8 Å². The summed E-state index contributed by atoms with van der Waals surface area (Å²) in [5, 5.41) is 14.4. The molecule has 134 valence electrons. The molecule has 4 rings (SSSR count). The van der Waals surface area contributed by atoms with Crippen LogP contribution in [0.25, 0.3) is 10.7 Å². The summed E-state index contributed by atoms with van der Waals surface area (Å²) in [6, 6.07) is 11.8. The Morgan fingerprint density at radius 1 is 1.35 bits per heavy atom. The molecule has 26 heavy (non-hydrogen) atoms. The third-order valence-corrected chi connectivity index (χ3v) is 5.81. The summed E-state index contributed by atoms with van der Waals surface area (Å²) in [4.78, 5) is 13.4. The molecule has 1 saturated carbocycles. The van der Waals surface area contributed by atoms with Crippen molar-refractivity contribution in [2.75, 3.05) is 18.2 Å². The van der Waals surface area contributed by atoms with Crippen LogP contribution >= 0.6 is 23.1 Å². The van der Waals surface area contributed by atoms with Crippen LogP contribution < -0.4 is 10.1 Å². The fraction of sp³-hybridized carbons (Fsp3) is 0.278. The fourth-order valence-electron chi connectivity index (χ4n) is 2.64. The molecule has 8 heteroatoms. The van der Waals surface area contributed by atoms with E-state index in [1.807, 2.05) is 29.6 Å². The maximum Gasteiger partial charge on any atom is 0.234 e. The second-order valence-electron chi connectivity index (χ2n) is 5.95. The first-order valence-electron chi connectivity index (χ1n) is 8.30. The average Bonchev–Trinajstić information content (AvgIpc) is 3.18. The van der Waals surface area contributed by atoms with Crippen molar-refractivity contribution in [2.45, 2.75) is 24.0 Å². The Labute approximate surface area is 159 Å². The van der Waals surface area contributed by atoms with Crippen molar-refractivity contribution in [3.8, 4) is 16.5 Å². The molecule has 3 aromatic rings. The van der Waals surface area contributed by atoms with E-state index in [1.165, 1.54) is 11.8 Å². The molecule has 2 aromatic heterocycles. The van der Waals surface area contributed by atoms with Gasteiger partial charge in [0.2, 0.25) is 5.91 Å². The molecule has 1 aliphatic rings. The van der Waals surface area contributed by atoms with Crippen LogP contribution in [0.2, 0.25) is 0 Å². The first kappa shape index (κ1) is 17.1. The zero-order valence-corrected chi connectivity index (χ0v) is 15.8. The molecular weight excluding hydrogens is 368 g/mol. The molecule has 0 bridgehead atoms. The monoisotopic (exact) mass is 386 g/mol. The van der Waals surface area contributed by atoms with Crippen molar-refractivity contribution in [1.82, 2.24) is 14.8 Å². The van der Waals surface area contributed by atoms with Gasteiger partial charge in [-0.2, -0.15) is 0 Å². The zero-order chi connectivity index (χ0) is 17.9. The number of carbonyl (C=O) groups excluding carboxylic acids is 1. The minimum absolute atomic E-state index is 0.0775. The number of hydrogen-bond acceptors (Lipinski definition) is 6. The number of carbonyl (C=O) groups is 1. The Bertz CT molecular complexity index is 904. The first-order valence-corrected chi connectivity index (χ1v) is 10.2. The van der Waals surface area contributed by atoms with Crippen molar-refractivity contribution in [2.24, 2.45) is 0 Å². The van der Waals surface area contributed by atoms with E-state index >= 15 is 0 Å². The van der Waals surface area contributed by atoms with Gasteiger partial charge in [0.1, 0.15) is 5.75 Å². The fourth-order valence-corrected chi connectivity index (χ4v) is 4.15. The Morgan fingerprint density at radius 3 is 2.96 bits per heavy atom. The minimum Gasteiger partial charge on any atom is -0.497 e. The van der Waals surface area contributed by atoms with Gasteiger partial charge in [0.25, 0.3) is 0 Å². The van der Waals surface area contributed by atoms with Gasteiger partial charge in [-0.15, -0.1) is 21.5 Å². The predicted molar refractivity (Wildman–Crippen MR) is 104 cm³/mol. The van der Waals surface area contributed by atoms with Gasteiger partial charge in [0.05, 0.1) is 17.7 Å². The highest BCUT2D eigenvalue weighted by Gasteiger charge is 2.30. The molecule has 6 nitrogen and oxygen atoms in total. The second-order valence-corrected chi connectivity index (χ2v) is 7.84. The van der Waals surface area contributed by atoms with E-state index in [1.54, 1.807) is 24.5 Å². The van der Waals surface area contributed by atoms with Crippen LogP contribution in [0.5, 0.6) is 5.75 Å². The molecule has 0 saturated heterocycles. The van der Waals surface area contributed by atoms with E-state index < -0.39 is 0 Å². The van der Waals surface area contributed by atoms with Crippen LogP contribution in [-0.4, -0.2) is 33.5 Å². The summed E-state index contributed by atoms with van der Waals surface area (Å²) in [6.45, 7) is 0. The maximum atomic E-state index is 12.3. The Hall–Kier alpha value is -2.32. The van der Waals surface area contributed by atoms with Crippen LogP contribution in [0.1, 0.15) is 18.9 Å². The number of aromatic nitrogens is 3. The van der Waals surface area contributed by atoms with Crippen LogP contribution in [0.3, 0.4) is 0 Å². The van der Waals surface area contributed by atoms with Gasteiger partial charge >= 0.3 is 0 Å². The second kappa shape index (κ2) is 7.51. The van der Waals surface area contributed by atoms with Crippen molar-refractivity contribution >= 4 is 34.7 Å². The molecule has 1 aliphatic carbocycles. The van der Waals surface area contributed by atoms with Gasteiger partial charge in [-0.25, -0.2) is 0 Å². The summed E-state index contributed by atoms with van der Waals surface area (Å²) in [7, 11) is 1.60. The van der Waals surface area contributed by atoms with E-state index in [0.717, 1.165) is 34.4 Å². The van der Waals surface area contributed by atoms with E-state index in [2.05, 4.69) is 26.1 Å². The summed E-state index contributed by atoms with van der Waals surface area (Å²) < 4.78 is 7.35. The number of rotatable bonds is 7. The lowest BCUT2D eigenvalue weighted by molar-refractivity contribution is -0.113. The number of anilines is 1. The van der Waals surface area contributed by atoms with Crippen molar-refractivity contribution in [3.05, 3.63) is 41.8 Å². The molecule has 1 aromatic carbocycles. The lowest BCUT2D eigenvalue weighted by atomic mass is 10.3. The van der Waals surface area contributed by atoms with Gasteiger partial charge in [-0.1, -0.05) is 23.9 Å². The number of thioether (sulfide) groups is 1. The van der Waals surface area contributed by atoms with Crippen LogP contribution in [0, 0.1) is 0 Å². The number of nitrogens with zero attached hydrogens (tertiary/aromatic N) is 3. The topological polar surface area (TPSA) is 69.0 Å². The molecular formula is C18H18N4O2S2. The van der Waals surface area contributed by atoms with Gasteiger partial charge < -0.3 is 10.1 Å². The number of ether oxygens (including phenoxy) is 1. The molecule has 0 unspecified atom stereocenters. The van der Waals surface area contributed by atoms with E-state index in [-0.39, 0.29) is 11.7 Å². The Balaban J connectivity index is 1.44. The van der Waals surface area contributed by atoms with Crippen molar-refractivity contribution in [3.63, 3.8) is 0 Å². The number of thiophene rings is 1. The molecule has 1 amide bonds. The van der Waals surface area contributed by atoms with Crippen LogP contribution in [0.4, 0.5) is 5.69 Å². The average molecular weight is 387 g/mol. The normalized spacial score (nSPS) is 13.6. The quantitative estimate of drug-likeness (QED) is 0.620. The maximum absolute atomic E-state index is 12.3. The highest BCUT2D eigenvalue weighted by Crippen LogP contribution is 2.41. The molecule has 0 radical (unpaired) electrons. The molecule has 0 spiro atoms.